The van der Waals surface area contributed by atoms with Crippen molar-refractivity contribution in [3.63, 3.8) is 0 Å². The highest BCUT2D eigenvalue weighted by Crippen LogP contribution is 2.32. The number of aliphatic carboxylic acids is 1. The van der Waals surface area contributed by atoms with Crippen molar-refractivity contribution in [2.24, 2.45) is 5.92 Å². The number of rotatable bonds is 3. The molecule has 2 aliphatic rings. The van der Waals surface area contributed by atoms with Gasteiger partial charge in [-0.25, -0.2) is 4.79 Å². The summed E-state index contributed by atoms with van der Waals surface area (Å²) in [6, 6.07) is 0.452. The van der Waals surface area contributed by atoms with Crippen molar-refractivity contribution < 1.29 is 14.7 Å². The van der Waals surface area contributed by atoms with Crippen LogP contribution in [0, 0.1) is 5.92 Å². The van der Waals surface area contributed by atoms with Crippen LogP contribution in [0.15, 0.2) is 11.6 Å². The number of amides is 1. The first-order valence-electron chi connectivity index (χ1n) is 6.77. The predicted molar refractivity (Wildman–Crippen MR) is 68.1 cm³/mol. The van der Waals surface area contributed by atoms with Crippen molar-refractivity contribution in [1.29, 1.82) is 0 Å². The number of hydrogen-bond acceptors (Lipinski definition) is 2. The molecule has 0 atom stereocenters. The van der Waals surface area contributed by atoms with E-state index in [1.807, 2.05) is 11.9 Å². The molecule has 18 heavy (non-hydrogen) atoms. The van der Waals surface area contributed by atoms with Gasteiger partial charge in [-0.15, -0.1) is 0 Å². The lowest BCUT2D eigenvalue weighted by Gasteiger charge is -2.37. The number of carboxylic acids is 1. The van der Waals surface area contributed by atoms with Crippen LogP contribution in [0.2, 0.25) is 0 Å². The SMILES string of the molecule is CN(C(=O)C1CCC(=CC(=O)O)CC1)C1CCC1. The molecule has 0 aromatic rings. The van der Waals surface area contributed by atoms with E-state index in [0.717, 1.165) is 44.1 Å². The van der Waals surface area contributed by atoms with Gasteiger partial charge in [-0.2, -0.15) is 0 Å². The van der Waals surface area contributed by atoms with E-state index in [-0.39, 0.29) is 11.8 Å². The van der Waals surface area contributed by atoms with Gasteiger partial charge in [0.2, 0.25) is 5.91 Å². The molecule has 0 bridgehead atoms. The van der Waals surface area contributed by atoms with Crippen LogP contribution in [-0.2, 0) is 9.59 Å². The van der Waals surface area contributed by atoms with Crippen molar-refractivity contribution in [1.82, 2.24) is 4.90 Å². The number of carboxylic acid groups (broad SMARTS) is 1. The average Bonchev–Trinajstić information content (AvgIpc) is 2.26. The maximum Gasteiger partial charge on any atom is 0.328 e. The summed E-state index contributed by atoms with van der Waals surface area (Å²) in [6.07, 6.45) is 7.92. The van der Waals surface area contributed by atoms with Crippen molar-refractivity contribution in [3.05, 3.63) is 11.6 Å². The highest BCUT2D eigenvalue weighted by atomic mass is 16.4. The number of carbonyl (C=O) groups is 2. The van der Waals surface area contributed by atoms with Crippen LogP contribution >= 0.6 is 0 Å². The summed E-state index contributed by atoms with van der Waals surface area (Å²) in [4.78, 5) is 24.7. The monoisotopic (exact) mass is 251 g/mol. The summed E-state index contributed by atoms with van der Waals surface area (Å²) in [7, 11) is 1.91. The molecule has 0 saturated heterocycles. The first kappa shape index (κ1) is 13.1. The van der Waals surface area contributed by atoms with Crippen LogP contribution in [0.25, 0.3) is 0 Å². The Morgan fingerprint density at radius 2 is 1.83 bits per heavy atom. The molecule has 0 unspecified atom stereocenters. The van der Waals surface area contributed by atoms with Gasteiger partial charge in [-0.1, -0.05) is 5.57 Å². The van der Waals surface area contributed by atoms with Gasteiger partial charge in [0.25, 0.3) is 0 Å². The second kappa shape index (κ2) is 5.55. The molecule has 0 aromatic heterocycles. The van der Waals surface area contributed by atoms with E-state index in [1.54, 1.807) is 0 Å². The first-order chi connectivity index (χ1) is 8.58. The Morgan fingerprint density at radius 3 is 2.28 bits per heavy atom. The summed E-state index contributed by atoms with van der Waals surface area (Å²) in [5.41, 5.74) is 0.970. The van der Waals surface area contributed by atoms with Crippen LogP contribution < -0.4 is 0 Å². The molecule has 0 aliphatic heterocycles. The third-order valence-electron chi connectivity index (χ3n) is 4.27. The third-order valence-corrected chi connectivity index (χ3v) is 4.27. The summed E-state index contributed by atoms with van der Waals surface area (Å²) in [6.45, 7) is 0. The second-order valence-corrected chi connectivity index (χ2v) is 5.45. The molecular formula is C14H21NO3. The Bertz CT molecular complexity index is 361. The molecule has 2 saturated carbocycles. The minimum atomic E-state index is -0.874. The van der Waals surface area contributed by atoms with E-state index in [4.69, 9.17) is 5.11 Å². The zero-order valence-corrected chi connectivity index (χ0v) is 10.9. The van der Waals surface area contributed by atoms with Gasteiger partial charge in [0.05, 0.1) is 0 Å². The van der Waals surface area contributed by atoms with Crippen LogP contribution in [0.4, 0.5) is 0 Å². The van der Waals surface area contributed by atoms with E-state index in [1.165, 1.54) is 12.5 Å². The van der Waals surface area contributed by atoms with E-state index in [9.17, 15) is 9.59 Å². The third kappa shape index (κ3) is 2.92. The van der Waals surface area contributed by atoms with Gasteiger partial charge in [-0.3, -0.25) is 4.79 Å². The molecule has 100 valence electrons. The number of hydrogen-bond donors (Lipinski definition) is 1. The Hall–Kier alpha value is -1.32. The molecule has 2 fully saturated rings. The van der Waals surface area contributed by atoms with Gasteiger partial charge >= 0.3 is 5.97 Å². The average molecular weight is 251 g/mol. The number of nitrogens with zero attached hydrogens (tertiary/aromatic N) is 1. The number of carbonyl (C=O) groups excluding carboxylic acids is 1. The van der Waals surface area contributed by atoms with E-state index < -0.39 is 5.97 Å². The van der Waals surface area contributed by atoms with Gasteiger partial charge in [-0.05, 0) is 44.9 Å². The first-order valence-corrected chi connectivity index (χ1v) is 6.77. The highest BCUT2D eigenvalue weighted by Gasteiger charge is 2.31. The van der Waals surface area contributed by atoms with E-state index >= 15 is 0 Å². The quantitative estimate of drug-likeness (QED) is 0.782. The summed E-state index contributed by atoms with van der Waals surface area (Å²) >= 11 is 0. The Balaban J connectivity index is 1.85. The maximum atomic E-state index is 12.3. The normalized spacial score (nSPS) is 24.3. The Kier molecular flexibility index (Phi) is 4.04. The topological polar surface area (TPSA) is 57.6 Å². The van der Waals surface area contributed by atoms with Crippen LogP contribution in [-0.4, -0.2) is 35.0 Å². The van der Waals surface area contributed by atoms with Crippen molar-refractivity contribution in [2.45, 2.75) is 51.0 Å². The zero-order chi connectivity index (χ0) is 13.1. The summed E-state index contributed by atoms with van der Waals surface area (Å²) < 4.78 is 0. The molecule has 0 spiro atoms. The predicted octanol–water partition coefficient (Wildman–Crippen LogP) is 2.20. The molecule has 1 amide bonds. The maximum absolute atomic E-state index is 12.3. The van der Waals surface area contributed by atoms with Crippen LogP contribution in [0.1, 0.15) is 44.9 Å². The second-order valence-electron chi connectivity index (χ2n) is 5.45. The Morgan fingerprint density at radius 1 is 1.22 bits per heavy atom. The minimum absolute atomic E-state index is 0.0987. The smallest absolute Gasteiger partial charge is 0.328 e. The minimum Gasteiger partial charge on any atom is -0.478 e. The zero-order valence-electron chi connectivity index (χ0n) is 10.9. The van der Waals surface area contributed by atoms with Crippen LogP contribution in [0.3, 0.4) is 0 Å². The molecule has 0 heterocycles. The molecule has 0 aromatic carbocycles. The fourth-order valence-electron chi connectivity index (χ4n) is 2.80. The van der Waals surface area contributed by atoms with E-state index in [0.29, 0.717) is 6.04 Å². The molecular weight excluding hydrogens is 230 g/mol. The van der Waals surface area contributed by atoms with Crippen molar-refractivity contribution in [3.8, 4) is 0 Å². The van der Waals surface area contributed by atoms with Gasteiger partial charge < -0.3 is 10.0 Å². The lowest BCUT2D eigenvalue weighted by Crippen LogP contribution is -2.44. The van der Waals surface area contributed by atoms with Gasteiger partial charge in [0.1, 0.15) is 0 Å². The molecule has 2 rings (SSSR count). The highest BCUT2D eigenvalue weighted by molar-refractivity contribution is 5.81. The molecule has 1 N–H and O–H groups in total. The van der Waals surface area contributed by atoms with E-state index in [2.05, 4.69) is 0 Å². The van der Waals surface area contributed by atoms with Crippen molar-refractivity contribution in [2.75, 3.05) is 7.05 Å². The lowest BCUT2D eigenvalue weighted by atomic mass is 9.83. The summed E-state index contributed by atoms with van der Waals surface area (Å²) in [5.74, 6) is -0.517. The lowest BCUT2D eigenvalue weighted by molar-refractivity contribution is -0.138. The molecule has 0 radical (unpaired) electrons. The molecule has 4 nitrogen and oxygen atoms in total. The molecule has 2 aliphatic carbocycles. The van der Waals surface area contributed by atoms with Gasteiger partial charge in [0.15, 0.2) is 0 Å². The molecule has 4 heteroatoms. The van der Waals surface area contributed by atoms with Gasteiger partial charge in [0, 0.05) is 25.1 Å². The Labute approximate surface area is 108 Å². The largest absolute Gasteiger partial charge is 0.478 e. The number of allylic oxidation sites excluding steroid dienone is 1. The van der Waals surface area contributed by atoms with Crippen molar-refractivity contribution >= 4 is 11.9 Å². The summed E-state index contributed by atoms with van der Waals surface area (Å²) in [5, 5.41) is 8.69. The van der Waals surface area contributed by atoms with Crippen LogP contribution in [0.5, 0.6) is 0 Å². The standard InChI is InChI=1S/C14H21NO3/c1-15(12-3-2-4-12)14(18)11-7-5-10(6-8-11)9-13(16)17/h9,11-12H,2-8H2,1H3,(H,16,17). The fourth-order valence-corrected chi connectivity index (χ4v) is 2.80. The fraction of sp³-hybridized carbons (Fsp3) is 0.714.